The van der Waals surface area contributed by atoms with Crippen LogP contribution in [-0.2, 0) is 11.2 Å². The third-order valence-electron chi connectivity index (χ3n) is 3.82. The van der Waals surface area contributed by atoms with Gasteiger partial charge in [-0.05, 0) is 42.3 Å². The van der Waals surface area contributed by atoms with Gasteiger partial charge in [-0.2, -0.15) is 0 Å². The van der Waals surface area contributed by atoms with Gasteiger partial charge in [0.05, 0.1) is 33.8 Å². The zero-order chi connectivity index (χ0) is 18.4. The van der Waals surface area contributed by atoms with Gasteiger partial charge in [0.2, 0.25) is 11.7 Å². The second-order valence-electron chi connectivity index (χ2n) is 5.55. The first-order chi connectivity index (χ1) is 12.0. The molecule has 25 heavy (non-hydrogen) atoms. The van der Waals surface area contributed by atoms with Crippen molar-refractivity contribution in [2.45, 2.75) is 19.4 Å². The zero-order valence-corrected chi connectivity index (χ0v) is 15.5. The van der Waals surface area contributed by atoms with Crippen LogP contribution in [0.25, 0.3) is 0 Å². The molecule has 0 saturated carbocycles. The average molecular weight is 364 g/mol. The zero-order valence-electron chi connectivity index (χ0n) is 14.8. The summed E-state index contributed by atoms with van der Waals surface area (Å²) < 4.78 is 15.9. The van der Waals surface area contributed by atoms with Crippen LogP contribution >= 0.6 is 11.6 Å². The van der Waals surface area contributed by atoms with E-state index >= 15 is 0 Å². The van der Waals surface area contributed by atoms with Crippen LogP contribution in [0.4, 0.5) is 0 Å². The Morgan fingerprint density at radius 1 is 1.08 bits per heavy atom. The number of hydrogen-bond acceptors (Lipinski definition) is 4. The number of halogens is 1. The van der Waals surface area contributed by atoms with Crippen LogP contribution in [0, 0.1) is 0 Å². The van der Waals surface area contributed by atoms with Crippen molar-refractivity contribution in [1.82, 2.24) is 5.32 Å². The number of methoxy groups -OCH3 is 3. The summed E-state index contributed by atoms with van der Waals surface area (Å²) in [5.41, 5.74) is 1.72. The summed E-state index contributed by atoms with van der Waals surface area (Å²) in [5.74, 6) is 1.43. The molecule has 0 bridgehead atoms. The first-order valence-corrected chi connectivity index (χ1v) is 8.20. The maximum atomic E-state index is 12.4. The maximum Gasteiger partial charge on any atom is 0.224 e. The van der Waals surface area contributed by atoms with Gasteiger partial charge in [0.1, 0.15) is 0 Å². The fraction of sp³-hybridized carbons (Fsp3) is 0.316. The van der Waals surface area contributed by atoms with Gasteiger partial charge < -0.3 is 19.5 Å². The summed E-state index contributed by atoms with van der Waals surface area (Å²) in [7, 11) is 4.63. The molecule has 2 rings (SSSR count). The van der Waals surface area contributed by atoms with Crippen molar-refractivity contribution < 1.29 is 19.0 Å². The lowest BCUT2D eigenvalue weighted by atomic mass is 10.1. The van der Waals surface area contributed by atoms with E-state index in [9.17, 15) is 4.79 Å². The van der Waals surface area contributed by atoms with Gasteiger partial charge in [0.25, 0.3) is 0 Å². The normalized spacial score (nSPS) is 11.6. The number of carbonyl (C=O) groups is 1. The molecule has 0 saturated heterocycles. The predicted molar refractivity (Wildman–Crippen MR) is 97.8 cm³/mol. The van der Waals surface area contributed by atoms with E-state index in [1.807, 2.05) is 25.1 Å². The topological polar surface area (TPSA) is 56.8 Å². The Morgan fingerprint density at radius 3 is 2.24 bits per heavy atom. The third-order valence-corrected chi connectivity index (χ3v) is 4.05. The van der Waals surface area contributed by atoms with Crippen molar-refractivity contribution in [1.29, 1.82) is 0 Å². The van der Waals surface area contributed by atoms with E-state index in [4.69, 9.17) is 25.8 Å². The molecule has 0 aliphatic heterocycles. The molecule has 1 amide bonds. The highest BCUT2D eigenvalue weighted by Crippen LogP contribution is 2.38. The molecule has 1 N–H and O–H groups in total. The first kappa shape index (κ1) is 18.9. The minimum Gasteiger partial charge on any atom is -0.493 e. The molecule has 0 aliphatic carbocycles. The number of hydrogen-bond donors (Lipinski definition) is 1. The molecule has 1 atom stereocenters. The van der Waals surface area contributed by atoms with Crippen molar-refractivity contribution in [3.8, 4) is 17.2 Å². The Morgan fingerprint density at radius 2 is 1.72 bits per heavy atom. The van der Waals surface area contributed by atoms with Gasteiger partial charge in [-0.15, -0.1) is 0 Å². The summed E-state index contributed by atoms with van der Waals surface area (Å²) in [4.78, 5) is 12.4. The van der Waals surface area contributed by atoms with Crippen molar-refractivity contribution in [3.05, 3.63) is 52.5 Å². The van der Waals surface area contributed by atoms with E-state index in [0.29, 0.717) is 22.3 Å². The van der Waals surface area contributed by atoms with Crippen molar-refractivity contribution in [3.63, 3.8) is 0 Å². The number of ether oxygens (including phenoxy) is 3. The molecule has 2 aromatic rings. The lowest BCUT2D eigenvalue weighted by Gasteiger charge is -2.16. The van der Waals surface area contributed by atoms with Gasteiger partial charge in [0, 0.05) is 5.02 Å². The van der Waals surface area contributed by atoms with Crippen LogP contribution < -0.4 is 19.5 Å². The molecule has 0 heterocycles. The molecular weight excluding hydrogens is 342 g/mol. The monoisotopic (exact) mass is 363 g/mol. The lowest BCUT2D eigenvalue weighted by molar-refractivity contribution is -0.121. The van der Waals surface area contributed by atoms with Crippen LogP contribution in [0.5, 0.6) is 17.2 Å². The minimum atomic E-state index is -0.145. The standard InChI is InChI=1S/C19H22ClNO4/c1-12(14-6-5-7-15(20)11-14)21-18(22)10-13-8-16(23-2)19(25-4)17(9-13)24-3/h5-9,11-12H,10H2,1-4H3,(H,21,22)/t12-/m0/s1. The Balaban J connectivity index is 2.12. The van der Waals surface area contributed by atoms with E-state index in [0.717, 1.165) is 11.1 Å². The van der Waals surface area contributed by atoms with Crippen LogP contribution in [-0.4, -0.2) is 27.2 Å². The predicted octanol–water partition coefficient (Wildman–Crippen LogP) is 3.79. The minimum absolute atomic E-state index is 0.109. The maximum absolute atomic E-state index is 12.4. The Hall–Kier alpha value is -2.40. The van der Waals surface area contributed by atoms with E-state index < -0.39 is 0 Å². The SMILES string of the molecule is COc1cc(CC(=O)N[C@@H](C)c2cccc(Cl)c2)cc(OC)c1OC. The van der Waals surface area contributed by atoms with Crippen molar-refractivity contribution in [2.75, 3.05) is 21.3 Å². The van der Waals surface area contributed by atoms with E-state index in [1.165, 1.54) is 0 Å². The fourth-order valence-corrected chi connectivity index (χ4v) is 2.77. The largest absolute Gasteiger partial charge is 0.493 e. The molecule has 0 spiro atoms. The highest BCUT2D eigenvalue weighted by Gasteiger charge is 2.16. The summed E-state index contributed by atoms with van der Waals surface area (Å²) in [6.45, 7) is 1.92. The van der Waals surface area contributed by atoms with E-state index in [2.05, 4.69) is 5.32 Å². The molecule has 0 fully saturated rings. The van der Waals surface area contributed by atoms with Gasteiger partial charge in [-0.1, -0.05) is 23.7 Å². The van der Waals surface area contributed by atoms with Crippen molar-refractivity contribution in [2.24, 2.45) is 0 Å². The molecule has 134 valence electrons. The molecule has 0 aromatic heterocycles. The van der Waals surface area contributed by atoms with Crippen LogP contribution in [0.15, 0.2) is 36.4 Å². The highest BCUT2D eigenvalue weighted by molar-refractivity contribution is 6.30. The molecule has 0 aliphatic rings. The average Bonchev–Trinajstić information content (AvgIpc) is 2.60. The van der Waals surface area contributed by atoms with Crippen LogP contribution in [0.3, 0.4) is 0 Å². The Kier molecular flexibility index (Phi) is 6.53. The van der Waals surface area contributed by atoms with Gasteiger partial charge in [0.15, 0.2) is 11.5 Å². The van der Waals surface area contributed by atoms with Gasteiger partial charge >= 0.3 is 0 Å². The second-order valence-corrected chi connectivity index (χ2v) is 5.99. The quantitative estimate of drug-likeness (QED) is 0.813. The summed E-state index contributed by atoms with van der Waals surface area (Å²) in [6.07, 6.45) is 0.196. The summed E-state index contributed by atoms with van der Waals surface area (Å²) >= 11 is 6.00. The first-order valence-electron chi connectivity index (χ1n) is 7.82. The number of benzene rings is 2. The summed E-state index contributed by atoms with van der Waals surface area (Å²) in [5, 5.41) is 3.61. The number of amides is 1. The van der Waals surface area contributed by atoms with Crippen molar-refractivity contribution >= 4 is 17.5 Å². The molecule has 0 unspecified atom stereocenters. The smallest absolute Gasteiger partial charge is 0.224 e. The molecule has 5 nitrogen and oxygen atoms in total. The van der Waals surface area contributed by atoms with Gasteiger partial charge in [-0.3, -0.25) is 4.79 Å². The highest BCUT2D eigenvalue weighted by atomic mass is 35.5. The number of carbonyl (C=O) groups excluding carboxylic acids is 1. The van der Waals surface area contributed by atoms with Gasteiger partial charge in [-0.25, -0.2) is 0 Å². The molecule has 2 aromatic carbocycles. The molecular formula is C19H22ClNO4. The summed E-state index contributed by atoms with van der Waals surface area (Å²) in [6, 6.07) is 10.8. The number of nitrogens with one attached hydrogen (secondary N) is 1. The third kappa shape index (κ3) is 4.79. The van der Waals surface area contributed by atoms with E-state index in [-0.39, 0.29) is 18.4 Å². The van der Waals surface area contributed by atoms with Crippen LogP contribution in [0.1, 0.15) is 24.1 Å². The van der Waals surface area contributed by atoms with E-state index in [1.54, 1.807) is 39.5 Å². The Labute approximate surface area is 152 Å². The molecule has 0 radical (unpaired) electrons. The Bertz CT molecular complexity index is 723. The molecule has 6 heteroatoms. The second kappa shape index (κ2) is 8.62. The number of rotatable bonds is 7. The fourth-order valence-electron chi connectivity index (χ4n) is 2.57. The van der Waals surface area contributed by atoms with Crippen LogP contribution in [0.2, 0.25) is 5.02 Å². The lowest BCUT2D eigenvalue weighted by Crippen LogP contribution is -2.28.